The molecule has 1 atom stereocenters. The van der Waals surface area contributed by atoms with Crippen molar-refractivity contribution in [1.29, 1.82) is 0 Å². The van der Waals surface area contributed by atoms with Gasteiger partial charge in [0.15, 0.2) is 6.23 Å². The summed E-state index contributed by atoms with van der Waals surface area (Å²) in [6.45, 7) is 1.81. The second-order valence-corrected chi connectivity index (χ2v) is 4.83. The first kappa shape index (κ1) is 14.4. The van der Waals surface area contributed by atoms with Crippen molar-refractivity contribution >= 4 is 11.9 Å². The number of ether oxygens (including phenoxy) is 2. The lowest BCUT2D eigenvalue weighted by molar-refractivity contribution is -0.168. The number of esters is 1. The lowest BCUT2D eigenvalue weighted by Crippen LogP contribution is -2.45. The molecular formula is C15H19NO4. The van der Waals surface area contributed by atoms with Gasteiger partial charge in [-0.2, -0.15) is 0 Å². The van der Waals surface area contributed by atoms with Crippen molar-refractivity contribution in [2.45, 2.75) is 39.0 Å². The average Bonchev–Trinajstić information content (AvgIpc) is 2.43. The van der Waals surface area contributed by atoms with Crippen molar-refractivity contribution in [3.05, 3.63) is 29.8 Å². The predicted molar refractivity (Wildman–Crippen MR) is 72.9 cm³/mol. The molecule has 0 N–H and O–H groups in total. The molecule has 20 heavy (non-hydrogen) atoms. The van der Waals surface area contributed by atoms with Crippen LogP contribution in [0.15, 0.2) is 24.3 Å². The third-order valence-electron chi connectivity index (χ3n) is 3.32. The van der Waals surface area contributed by atoms with Gasteiger partial charge in [0.05, 0.1) is 7.11 Å². The Kier molecular flexibility index (Phi) is 4.61. The van der Waals surface area contributed by atoms with Crippen LogP contribution in [0.4, 0.5) is 0 Å². The summed E-state index contributed by atoms with van der Waals surface area (Å²) in [5.74, 6) is 0.443. The first-order valence-electron chi connectivity index (χ1n) is 6.70. The number of likely N-dealkylation sites (tertiary alicyclic amines) is 1. The maximum atomic E-state index is 12.0. The van der Waals surface area contributed by atoms with Crippen LogP contribution in [-0.4, -0.2) is 30.1 Å². The van der Waals surface area contributed by atoms with Crippen LogP contribution in [0.25, 0.3) is 0 Å². The predicted octanol–water partition coefficient (Wildman–Crippen LogP) is 2.10. The van der Waals surface area contributed by atoms with E-state index in [1.807, 2.05) is 24.3 Å². The van der Waals surface area contributed by atoms with Crippen molar-refractivity contribution in [2.24, 2.45) is 0 Å². The summed E-state index contributed by atoms with van der Waals surface area (Å²) in [5.41, 5.74) is 0.984. The van der Waals surface area contributed by atoms with Gasteiger partial charge in [-0.15, -0.1) is 0 Å². The molecule has 1 heterocycles. The fraction of sp³-hybridized carbons (Fsp3) is 0.467. The highest BCUT2D eigenvalue weighted by atomic mass is 16.6. The van der Waals surface area contributed by atoms with E-state index >= 15 is 0 Å². The van der Waals surface area contributed by atoms with E-state index in [1.165, 1.54) is 6.92 Å². The van der Waals surface area contributed by atoms with Gasteiger partial charge in [0.1, 0.15) is 5.75 Å². The summed E-state index contributed by atoms with van der Waals surface area (Å²) in [7, 11) is 1.61. The highest BCUT2D eigenvalue weighted by molar-refractivity contribution is 5.77. The van der Waals surface area contributed by atoms with E-state index in [9.17, 15) is 9.59 Å². The van der Waals surface area contributed by atoms with Crippen LogP contribution in [0.5, 0.6) is 5.75 Å². The molecule has 0 aliphatic carbocycles. The molecule has 1 unspecified atom stereocenters. The van der Waals surface area contributed by atoms with Crippen molar-refractivity contribution < 1.29 is 19.1 Å². The van der Waals surface area contributed by atoms with E-state index in [2.05, 4.69) is 0 Å². The molecule has 5 heteroatoms. The SMILES string of the molecule is COc1ccc(CN2C(=O)CCCC2OC(C)=O)cc1. The summed E-state index contributed by atoms with van der Waals surface area (Å²) in [6.07, 6.45) is 1.52. The molecule has 1 aromatic rings. The van der Waals surface area contributed by atoms with Crippen LogP contribution in [0.3, 0.4) is 0 Å². The number of carbonyl (C=O) groups excluding carboxylic acids is 2. The topological polar surface area (TPSA) is 55.8 Å². The summed E-state index contributed by atoms with van der Waals surface area (Å²) >= 11 is 0. The quantitative estimate of drug-likeness (QED) is 0.791. The van der Waals surface area contributed by atoms with Crippen LogP contribution in [0.1, 0.15) is 31.7 Å². The molecule has 0 bridgehead atoms. The standard InChI is InChI=1S/C15H19NO4/c1-11(17)20-15-5-3-4-14(18)16(15)10-12-6-8-13(19-2)9-7-12/h6-9,15H,3-5,10H2,1-2H3. The van der Waals surface area contributed by atoms with Gasteiger partial charge in [-0.1, -0.05) is 12.1 Å². The molecule has 1 aromatic carbocycles. The largest absolute Gasteiger partial charge is 0.497 e. The minimum atomic E-state index is -0.448. The van der Waals surface area contributed by atoms with Gasteiger partial charge in [-0.3, -0.25) is 9.59 Å². The van der Waals surface area contributed by atoms with E-state index in [-0.39, 0.29) is 11.9 Å². The Morgan fingerprint density at radius 3 is 2.65 bits per heavy atom. The number of rotatable bonds is 4. The molecule has 1 fully saturated rings. The van der Waals surface area contributed by atoms with Crippen LogP contribution >= 0.6 is 0 Å². The van der Waals surface area contributed by atoms with Crippen LogP contribution in [0.2, 0.25) is 0 Å². The lowest BCUT2D eigenvalue weighted by atomic mass is 10.1. The maximum absolute atomic E-state index is 12.0. The van der Waals surface area contributed by atoms with E-state index in [0.717, 1.165) is 17.7 Å². The Hall–Kier alpha value is -2.04. The molecule has 0 saturated carbocycles. The van der Waals surface area contributed by atoms with Crippen LogP contribution in [0, 0.1) is 0 Å². The molecule has 0 aromatic heterocycles. The first-order valence-corrected chi connectivity index (χ1v) is 6.70. The monoisotopic (exact) mass is 277 g/mol. The van der Waals surface area contributed by atoms with Crippen molar-refractivity contribution in [3.8, 4) is 5.75 Å². The summed E-state index contributed by atoms with van der Waals surface area (Å²) in [5, 5.41) is 0. The maximum Gasteiger partial charge on any atom is 0.304 e. The summed E-state index contributed by atoms with van der Waals surface area (Å²) in [6, 6.07) is 7.52. The minimum Gasteiger partial charge on any atom is -0.497 e. The summed E-state index contributed by atoms with van der Waals surface area (Å²) in [4.78, 5) is 24.8. The second kappa shape index (κ2) is 6.41. The Morgan fingerprint density at radius 1 is 1.35 bits per heavy atom. The van der Waals surface area contributed by atoms with E-state index < -0.39 is 6.23 Å². The molecule has 108 valence electrons. The van der Waals surface area contributed by atoms with Gasteiger partial charge in [0.2, 0.25) is 5.91 Å². The normalized spacial score (nSPS) is 18.8. The van der Waals surface area contributed by atoms with E-state index in [1.54, 1.807) is 12.0 Å². The van der Waals surface area contributed by atoms with Gasteiger partial charge >= 0.3 is 5.97 Å². The molecule has 2 rings (SSSR count). The van der Waals surface area contributed by atoms with E-state index in [0.29, 0.717) is 19.4 Å². The van der Waals surface area contributed by atoms with E-state index in [4.69, 9.17) is 9.47 Å². The Labute approximate surface area is 118 Å². The number of hydrogen-bond acceptors (Lipinski definition) is 4. The number of benzene rings is 1. The molecule has 1 aliphatic heterocycles. The van der Waals surface area contributed by atoms with Gasteiger partial charge in [-0.25, -0.2) is 0 Å². The van der Waals surface area contributed by atoms with Gasteiger partial charge in [0, 0.05) is 26.3 Å². The molecule has 5 nitrogen and oxygen atoms in total. The number of amides is 1. The number of nitrogens with zero attached hydrogens (tertiary/aromatic N) is 1. The number of carbonyl (C=O) groups is 2. The Bertz CT molecular complexity index is 483. The van der Waals surface area contributed by atoms with Crippen molar-refractivity contribution in [2.75, 3.05) is 7.11 Å². The zero-order valence-electron chi connectivity index (χ0n) is 11.8. The second-order valence-electron chi connectivity index (χ2n) is 4.83. The highest BCUT2D eigenvalue weighted by Gasteiger charge is 2.30. The summed E-state index contributed by atoms with van der Waals surface area (Å²) < 4.78 is 10.3. The highest BCUT2D eigenvalue weighted by Crippen LogP contribution is 2.22. The number of hydrogen-bond donors (Lipinski definition) is 0. The lowest BCUT2D eigenvalue weighted by Gasteiger charge is -2.34. The zero-order valence-corrected chi connectivity index (χ0v) is 11.8. The van der Waals surface area contributed by atoms with Crippen molar-refractivity contribution in [1.82, 2.24) is 4.90 Å². The van der Waals surface area contributed by atoms with Gasteiger partial charge in [-0.05, 0) is 24.1 Å². The number of piperidine rings is 1. The Morgan fingerprint density at radius 2 is 2.05 bits per heavy atom. The average molecular weight is 277 g/mol. The van der Waals surface area contributed by atoms with Crippen molar-refractivity contribution in [3.63, 3.8) is 0 Å². The fourth-order valence-corrected chi connectivity index (χ4v) is 2.32. The molecule has 1 amide bonds. The molecule has 1 saturated heterocycles. The number of methoxy groups -OCH3 is 1. The fourth-order valence-electron chi connectivity index (χ4n) is 2.32. The molecule has 0 radical (unpaired) electrons. The molecule has 1 aliphatic rings. The molecule has 0 spiro atoms. The van der Waals surface area contributed by atoms with Gasteiger partial charge in [0.25, 0.3) is 0 Å². The zero-order chi connectivity index (χ0) is 14.5. The third kappa shape index (κ3) is 3.50. The van der Waals surface area contributed by atoms with Crippen LogP contribution in [-0.2, 0) is 20.9 Å². The minimum absolute atomic E-state index is 0.0262. The Balaban J connectivity index is 2.09. The first-order chi connectivity index (χ1) is 9.60. The smallest absolute Gasteiger partial charge is 0.304 e. The molecular weight excluding hydrogens is 258 g/mol. The van der Waals surface area contributed by atoms with Crippen LogP contribution < -0.4 is 4.74 Å². The third-order valence-corrected chi connectivity index (χ3v) is 3.32. The van der Waals surface area contributed by atoms with Gasteiger partial charge < -0.3 is 14.4 Å².